The summed E-state index contributed by atoms with van der Waals surface area (Å²) >= 11 is 0. The van der Waals surface area contributed by atoms with Gasteiger partial charge in [-0.15, -0.1) is 0 Å². The van der Waals surface area contributed by atoms with Crippen molar-refractivity contribution in [3.8, 4) is 44.5 Å². The van der Waals surface area contributed by atoms with Gasteiger partial charge in [0.2, 0.25) is 0 Å². The zero-order chi connectivity index (χ0) is 36.2. The maximum atomic E-state index is 2.50. The summed E-state index contributed by atoms with van der Waals surface area (Å²) in [6.07, 6.45) is 0. The molecule has 0 radical (unpaired) electrons. The Balaban J connectivity index is 1.24. The van der Waals surface area contributed by atoms with E-state index in [0.29, 0.717) is 0 Å². The summed E-state index contributed by atoms with van der Waals surface area (Å²) in [6, 6.07) is 73.5. The average molecular weight is 690 g/mol. The van der Waals surface area contributed by atoms with Crippen molar-refractivity contribution in [1.29, 1.82) is 0 Å². The van der Waals surface area contributed by atoms with Crippen LogP contribution in [-0.2, 0) is 5.41 Å². The highest BCUT2D eigenvalue weighted by atomic mass is 15.1. The van der Waals surface area contributed by atoms with Crippen molar-refractivity contribution in [2.24, 2.45) is 0 Å². The van der Waals surface area contributed by atoms with Crippen LogP contribution in [0.5, 0.6) is 0 Å². The van der Waals surface area contributed by atoms with Crippen LogP contribution >= 0.6 is 0 Å². The van der Waals surface area contributed by atoms with E-state index in [1.165, 1.54) is 77.2 Å². The topological polar surface area (TPSA) is 3.24 Å². The van der Waals surface area contributed by atoms with E-state index in [4.69, 9.17) is 0 Å². The van der Waals surface area contributed by atoms with Gasteiger partial charge in [0.15, 0.2) is 0 Å². The molecule has 0 saturated heterocycles. The van der Waals surface area contributed by atoms with Gasteiger partial charge in [-0.3, -0.25) is 0 Å². The second-order valence-corrected chi connectivity index (χ2v) is 14.9. The lowest BCUT2D eigenvalue weighted by atomic mass is 9.81. The monoisotopic (exact) mass is 689 g/mol. The molecular formula is C53H39N. The molecular weight excluding hydrogens is 651 g/mol. The molecule has 0 fully saturated rings. The highest BCUT2D eigenvalue weighted by molar-refractivity contribution is 6.05. The molecule has 0 bridgehead atoms. The lowest BCUT2D eigenvalue weighted by Gasteiger charge is -2.31. The van der Waals surface area contributed by atoms with E-state index >= 15 is 0 Å². The summed E-state index contributed by atoms with van der Waals surface area (Å²) in [5.41, 5.74) is 16.0. The molecule has 9 aromatic rings. The molecule has 1 aliphatic rings. The summed E-state index contributed by atoms with van der Waals surface area (Å²) in [7, 11) is 0. The van der Waals surface area contributed by atoms with Crippen LogP contribution in [0.3, 0.4) is 0 Å². The fraction of sp³-hybridized carbons (Fsp3) is 0.0566. The van der Waals surface area contributed by atoms with Crippen LogP contribution in [0, 0.1) is 0 Å². The maximum absolute atomic E-state index is 2.50. The molecule has 1 nitrogen and oxygen atoms in total. The minimum absolute atomic E-state index is 0.186. The lowest BCUT2D eigenvalue weighted by Crippen LogP contribution is -2.17. The standard InChI is InChI=1S/C53H39N/c1-53(2)48-28-16-27-43(37-17-5-3-6-18-37)52(48)45-32-31-41(35-49(45)53)54(50-30-15-24-36-21-11-12-25-42(36)50)51-29-14-13-26-44(51)47-34-40-23-10-9-22-39(40)33-46(47)38-19-7-4-8-20-38/h3-35H,1-2H3. The van der Waals surface area contributed by atoms with Crippen LogP contribution in [0.4, 0.5) is 17.1 Å². The largest absolute Gasteiger partial charge is 0.309 e. The van der Waals surface area contributed by atoms with Gasteiger partial charge >= 0.3 is 0 Å². The van der Waals surface area contributed by atoms with Gasteiger partial charge in [-0.25, -0.2) is 0 Å². The number of nitrogens with zero attached hydrogens (tertiary/aromatic N) is 1. The normalized spacial score (nSPS) is 12.8. The SMILES string of the molecule is CC1(C)c2cc(N(c3ccccc3-c3cc4ccccc4cc3-c3ccccc3)c3cccc4ccccc34)ccc2-c2c(-c3ccccc3)cccc21. The van der Waals surface area contributed by atoms with Gasteiger partial charge in [0.25, 0.3) is 0 Å². The molecule has 0 aliphatic heterocycles. The van der Waals surface area contributed by atoms with Crippen molar-refractivity contribution in [3.63, 3.8) is 0 Å². The molecule has 256 valence electrons. The third kappa shape index (κ3) is 5.16. The van der Waals surface area contributed by atoms with Crippen LogP contribution in [0.25, 0.3) is 66.1 Å². The van der Waals surface area contributed by atoms with Crippen LogP contribution < -0.4 is 4.90 Å². The van der Waals surface area contributed by atoms with Crippen molar-refractivity contribution >= 4 is 38.6 Å². The predicted molar refractivity (Wildman–Crippen MR) is 230 cm³/mol. The van der Waals surface area contributed by atoms with Crippen molar-refractivity contribution in [3.05, 3.63) is 211 Å². The maximum Gasteiger partial charge on any atom is 0.0540 e. The van der Waals surface area contributed by atoms with E-state index < -0.39 is 0 Å². The molecule has 0 atom stereocenters. The average Bonchev–Trinajstić information content (AvgIpc) is 3.47. The Bertz CT molecular complexity index is 2840. The van der Waals surface area contributed by atoms with Crippen molar-refractivity contribution in [2.75, 3.05) is 4.90 Å². The first-order valence-electron chi connectivity index (χ1n) is 18.9. The van der Waals surface area contributed by atoms with Gasteiger partial charge in [-0.2, -0.15) is 0 Å². The molecule has 9 aromatic carbocycles. The van der Waals surface area contributed by atoms with E-state index in [1.807, 2.05) is 0 Å². The molecule has 0 N–H and O–H groups in total. The molecule has 0 unspecified atom stereocenters. The van der Waals surface area contributed by atoms with E-state index in [2.05, 4.69) is 219 Å². The molecule has 0 heterocycles. The van der Waals surface area contributed by atoms with E-state index in [0.717, 1.165) is 17.1 Å². The number of rotatable bonds is 6. The summed E-state index contributed by atoms with van der Waals surface area (Å²) in [4.78, 5) is 2.50. The highest BCUT2D eigenvalue weighted by Gasteiger charge is 2.37. The Morgan fingerprint density at radius 3 is 1.67 bits per heavy atom. The second kappa shape index (κ2) is 12.8. The Hall–Kier alpha value is -6.70. The quantitative estimate of drug-likeness (QED) is 0.168. The Labute approximate surface area is 317 Å². The first kappa shape index (κ1) is 32.0. The molecule has 1 heteroatoms. The van der Waals surface area contributed by atoms with Crippen LogP contribution in [0.1, 0.15) is 25.0 Å². The first-order valence-corrected chi connectivity index (χ1v) is 18.9. The number of para-hydroxylation sites is 1. The number of benzene rings is 9. The zero-order valence-electron chi connectivity index (χ0n) is 30.5. The second-order valence-electron chi connectivity index (χ2n) is 14.9. The molecule has 1 aliphatic carbocycles. The van der Waals surface area contributed by atoms with Gasteiger partial charge < -0.3 is 4.90 Å². The summed E-state index contributed by atoms with van der Waals surface area (Å²) < 4.78 is 0. The highest BCUT2D eigenvalue weighted by Crippen LogP contribution is 2.54. The Kier molecular flexibility index (Phi) is 7.56. The zero-order valence-corrected chi connectivity index (χ0v) is 30.5. The van der Waals surface area contributed by atoms with Gasteiger partial charge in [-0.1, -0.05) is 178 Å². The molecule has 10 rings (SSSR count). The number of fused-ring (bicyclic) bond motifs is 5. The van der Waals surface area contributed by atoms with Crippen molar-refractivity contribution in [1.82, 2.24) is 0 Å². The van der Waals surface area contributed by atoms with E-state index in [-0.39, 0.29) is 5.41 Å². The molecule has 54 heavy (non-hydrogen) atoms. The van der Waals surface area contributed by atoms with Gasteiger partial charge in [0, 0.05) is 22.1 Å². The summed E-state index contributed by atoms with van der Waals surface area (Å²) in [5, 5.41) is 4.89. The Morgan fingerprint density at radius 2 is 0.907 bits per heavy atom. The molecule has 0 spiro atoms. The fourth-order valence-electron chi connectivity index (χ4n) is 8.80. The lowest BCUT2D eigenvalue weighted by molar-refractivity contribution is 0.660. The number of hydrogen-bond donors (Lipinski definition) is 0. The smallest absolute Gasteiger partial charge is 0.0540 e. The molecule has 0 saturated carbocycles. The molecule has 0 aromatic heterocycles. The van der Waals surface area contributed by atoms with Crippen LogP contribution in [-0.4, -0.2) is 0 Å². The van der Waals surface area contributed by atoms with Crippen molar-refractivity contribution in [2.45, 2.75) is 19.3 Å². The third-order valence-corrected chi connectivity index (χ3v) is 11.4. The predicted octanol–water partition coefficient (Wildman–Crippen LogP) is 14.8. The van der Waals surface area contributed by atoms with Gasteiger partial charge in [-0.05, 0) is 103 Å². The van der Waals surface area contributed by atoms with Crippen molar-refractivity contribution < 1.29 is 0 Å². The summed E-state index contributed by atoms with van der Waals surface area (Å²) in [6.45, 7) is 4.77. The molecule has 0 amide bonds. The van der Waals surface area contributed by atoms with Gasteiger partial charge in [0.05, 0.1) is 11.4 Å². The van der Waals surface area contributed by atoms with E-state index in [1.54, 1.807) is 0 Å². The first-order chi connectivity index (χ1) is 26.6. The third-order valence-electron chi connectivity index (χ3n) is 11.4. The fourth-order valence-corrected chi connectivity index (χ4v) is 8.80. The van der Waals surface area contributed by atoms with Crippen LogP contribution in [0.15, 0.2) is 200 Å². The number of anilines is 3. The minimum atomic E-state index is -0.186. The number of hydrogen-bond acceptors (Lipinski definition) is 1. The van der Waals surface area contributed by atoms with Crippen LogP contribution in [0.2, 0.25) is 0 Å². The van der Waals surface area contributed by atoms with E-state index in [9.17, 15) is 0 Å². The van der Waals surface area contributed by atoms with Gasteiger partial charge in [0.1, 0.15) is 0 Å². The summed E-state index contributed by atoms with van der Waals surface area (Å²) in [5.74, 6) is 0. The minimum Gasteiger partial charge on any atom is -0.309 e. The Morgan fingerprint density at radius 1 is 0.352 bits per heavy atom.